The summed E-state index contributed by atoms with van der Waals surface area (Å²) in [6.07, 6.45) is 3.42. The van der Waals surface area contributed by atoms with Gasteiger partial charge in [0, 0.05) is 18.1 Å². The molecule has 0 radical (unpaired) electrons. The van der Waals surface area contributed by atoms with Crippen LogP contribution in [0.25, 0.3) is 0 Å². The molecule has 0 amide bonds. The lowest BCUT2D eigenvalue weighted by Crippen LogP contribution is -2.48. The summed E-state index contributed by atoms with van der Waals surface area (Å²) in [5, 5.41) is 3.43. The normalized spacial score (nSPS) is 18.8. The Balaban J connectivity index is 3.59. The minimum Gasteiger partial charge on any atom is -0.324 e. The van der Waals surface area contributed by atoms with Gasteiger partial charge >= 0.3 is 0 Å². The minimum atomic E-state index is -0.0296. The van der Waals surface area contributed by atoms with E-state index in [2.05, 4.69) is 33.0 Å². The fourth-order valence-electron chi connectivity index (χ4n) is 1.21. The SMILES string of the molecule is CCCC(C)(N)CNC(C)CC. The lowest BCUT2D eigenvalue weighted by Gasteiger charge is -2.26. The molecule has 0 rings (SSSR count). The smallest absolute Gasteiger partial charge is 0.0252 e. The van der Waals surface area contributed by atoms with Crippen molar-refractivity contribution in [2.75, 3.05) is 6.54 Å². The molecule has 0 aromatic carbocycles. The second-order valence-corrected chi connectivity index (χ2v) is 4.09. The Morgan fingerprint density at radius 1 is 1.42 bits per heavy atom. The molecule has 2 nitrogen and oxygen atoms in total. The van der Waals surface area contributed by atoms with E-state index in [9.17, 15) is 0 Å². The number of hydrogen-bond acceptors (Lipinski definition) is 2. The molecular weight excluding hydrogens is 148 g/mol. The van der Waals surface area contributed by atoms with E-state index >= 15 is 0 Å². The highest BCUT2D eigenvalue weighted by atomic mass is 15.0. The van der Waals surface area contributed by atoms with Gasteiger partial charge in [-0.25, -0.2) is 0 Å². The summed E-state index contributed by atoms with van der Waals surface area (Å²) < 4.78 is 0. The van der Waals surface area contributed by atoms with Gasteiger partial charge in [-0.3, -0.25) is 0 Å². The minimum absolute atomic E-state index is 0.0296. The van der Waals surface area contributed by atoms with Crippen molar-refractivity contribution in [3.8, 4) is 0 Å². The highest BCUT2D eigenvalue weighted by molar-refractivity contribution is 4.81. The van der Waals surface area contributed by atoms with Crippen LogP contribution in [0.3, 0.4) is 0 Å². The maximum absolute atomic E-state index is 6.07. The maximum atomic E-state index is 6.07. The van der Waals surface area contributed by atoms with Crippen LogP contribution in [0.5, 0.6) is 0 Å². The van der Waals surface area contributed by atoms with E-state index in [1.54, 1.807) is 0 Å². The Bertz CT molecular complexity index is 110. The third-order valence-corrected chi connectivity index (χ3v) is 2.29. The summed E-state index contributed by atoms with van der Waals surface area (Å²) in [5.41, 5.74) is 6.04. The molecule has 74 valence electrons. The van der Waals surface area contributed by atoms with Gasteiger partial charge in [0.1, 0.15) is 0 Å². The van der Waals surface area contributed by atoms with E-state index in [1.165, 1.54) is 6.42 Å². The van der Waals surface area contributed by atoms with Crippen molar-refractivity contribution in [3.63, 3.8) is 0 Å². The fraction of sp³-hybridized carbons (Fsp3) is 1.00. The molecule has 2 unspecified atom stereocenters. The summed E-state index contributed by atoms with van der Waals surface area (Å²) in [5.74, 6) is 0. The summed E-state index contributed by atoms with van der Waals surface area (Å²) in [4.78, 5) is 0. The van der Waals surface area contributed by atoms with Crippen molar-refractivity contribution in [1.29, 1.82) is 0 Å². The molecule has 3 N–H and O–H groups in total. The molecule has 0 aliphatic carbocycles. The fourth-order valence-corrected chi connectivity index (χ4v) is 1.21. The van der Waals surface area contributed by atoms with Crippen LogP contribution in [-0.4, -0.2) is 18.1 Å². The Kier molecular flexibility index (Phi) is 5.51. The van der Waals surface area contributed by atoms with Gasteiger partial charge in [0.05, 0.1) is 0 Å². The van der Waals surface area contributed by atoms with Crippen LogP contribution < -0.4 is 11.1 Å². The first-order chi connectivity index (χ1) is 5.52. The van der Waals surface area contributed by atoms with E-state index in [-0.39, 0.29) is 5.54 Å². The summed E-state index contributed by atoms with van der Waals surface area (Å²) in [7, 11) is 0. The Labute approximate surface area is 76.9 Å². The predicted molar refractivity (Wildman–Crippen MR) is 55.3 cm³/mol. The van der Waals surface area contributed by atoms with Gasteiger partial charge < -0.3 is 11.1 Å². The van der Waals surface area contributed by atoms with Crippen molar-refractivity contribution >= 4 is 0 Å². The second kappa shape index (κ2) is 5.55. The largest absolute Gasteiger partial charge is 0.324 e. The molecule has 2 heteroatoms. The van der Waals surface area contributed by atoms with Crippen molar-refractivity contribution in [2.45, 2.75) is 58.5 Å². The lowest BCUT2D eigenvalue weighted by molar-refractivity contribution is 0.372. The van der Waals surface area contributed by atoms with Crippen LogP contribution in [-0.2, 0) is 0 Å². The van der Waals surface area contributed by atoms with Gasteiger partial charge in [-0.2, -0.15) is 0 Å². The summed E-state index contributed by atoms with van der Waals surface area (Å²) in [6.45, 7) is 9.60. The summed E-state index contributed by atoms with van der Waals surface area (Å²) >= 11 is 0. The van der Waals surface area contributed by atoms with Gasteiger partial charge in [-0.1, -0.05) is 20.3 Å². The van der Waals surface area contributed by atoms with Gasteiger partial charge in [0.25, 0.3) is 0 Å². The van der Waals surface area contributed by atoms with Crippen molar-refractivity contribution in [3.05, 3.63) is 0 Å². The molecule has 0 aromatic rings. The standard InChI is InChI=1S/C10H24N2/c1-5-7-10(4,11)8-12-9(3)6-2/h9,12H,5-8,11H2,1-4H3. The molecule has 12 heavy (non-hydrogen) atoms. The zero-order valence-electron chi connectivity index (χ0n) is 8.98. The topological polar surface area (TPSA) is 38.0 Å². The Hall–Kier alpha value is -0.0800. The molecule has 0 aliphatic heterocycles. The molecule has 0 bridgehead atoms. The van der Waals surface area contributed by atoms with Crippen LogP contribution >= 0.6 is 0 Å². The van der Waals surface area contributed by atoms with E-state index in [0.717, 1.165) is 19.4 Å². The third-order valence-electron chi connectivity index (χ3n) is 2.29. The van der Waals surface area contributed by atoms with Gasteiger partial charge in [-0.05, 0) is 26.7 Å². The molecule has 0 aromatic heterocycles. The highest BCUT2D eigenvalue weighted by Gasteiger charge is 2.16. The first-order valence-corrected chi connectivity index (χ1v) is 5.04. The van der Waals surface area contributed by atoms with Gasteiger partial charge in [-0.15, -0.1) is 0 Å². The first-order valence-electron chi connectivity index (χ1n) is 5.04. The average Bonchev–Trinajstić information content (AvgIpc) is 2.00. The van der Waals surface area contributed by atoms with E-state index in [1.807, 2.05) is 0 Å². The van der Waals surface area contributed by atoms with E-state index in [4.69, 9.17) is 5.73 Å². The van der Waals surface area contributed by atoms with Crippen molar-refractivity contribution in [1.82, 2.24) is 5.32 Å². The maximum Gasteiger partial charge on any atom is 0.0252 e. The van der Waals surface area contributed by atoms with Gasteiger partial charge in [0.15, 0.2) is 0 Å². The van der Waals surface area contributed by atoms with Crippen molar-refractivity contribution < 1.29 is 0 Å². The van der Waals surface area contributed by atoms with Crippen LogP contribution in [0.4, 0.5) is 0 Å². The van der Waals surface area contributed by atoms with Crippen LogP contribution in [0, 0.1) is 0 Å². The third kappa shape index (κ3) is 5.56. The van der Waals surface area contributed by atoms with Crippen molar-refractivity contribution in [2.24, 2.45) is 5.73 Å². The van der Waals surface area contributed by atoms with E-state index in [0.29, 0.717) is 6.04 Å². The molecular formula is C10H24N2. The second-order valence-electron chi connectivity index (χ2n) is 4.09. The molecule has 0 fully saturated rings. The Morgan fingerprint density at radius 2 is 2.00 bits per heavy atom. The molecule has 0 aliphatic rings. The lowest BCUT2D eigenvalue weighted by atomic mass is 9.97. The molecule has 0 saturated heterocycles. The van der Waals surface area contributed by atoms with Crippen LogP contribution in [0.2, 0.25) is 0 Å². The summed E-state index contributed by atoms with van der Waals surface area (Å²) in [6, 6.07) is 0.588. The zero-order chi connectivity index (χ0) is 9.61. The zero-order valence-corrected chi connectivity index (χ0v) is 8.98. The number of nitrogens with one attached hydrogen (secondary N) is 1. The molecule has 2 atom stereocenters. The monoisotopic (exact) mass is 172 g/mol. The van der Waals surface area contributed by atoms with E-state index < -0.39 is 0 Å². The average molecular weight is 172 g/mol. The molecule has 0 saturated carbocycles. The number of nitrogens with two attached hydrogens (primary N) is 1. The molecule has 0 heterocycles. The predicted octanol–water partition coefficient (Wildman–Crippen LogP) is 1.89. The molecule has 0 spiro atoms. The Morgan fingerprint density at radius 3 is 2.42 bits per heavy atom. The quantitative estimate of drug-likeness (QED) is 0.642. The van der Waals surface area contributed by atoms with Crippen LogP contribution in [0.15, 0.2) is 0 Å². The first kappa shape index (κ1) is 11.9. The highest BCUT2D eigenvalue weighted by Crippen LogP contribution is 2.07. The number of rotatable bonds is 6. The van der Waals surface area contributed by atoms with Gasteiger partial charge in [0.2, 0.25) is 0 Å². The van der Waals surface area contributed by atoms with Crippen LogP contribution in [0.1, 0.15) is 47.0 Å². The number of hydrogen-bond donors (Lipinski definition) is 2.